The number of thioether (sulfide) groups is 1. The first kappa shape index (κ1) is 23.0. The molecule has 32 heavy (non-hydrogen) atoms. The van der Waals surface area contributed by atoms with Crippen LogP contribution in [0.25, 0.3) is 11.0 Å². The molecule has 1 fully saturated rings. The van der Waals surface area contributed by atoms with Crippen molar-refractivity contribution in [3.63, 3.8) is 0 Å². The van der Waals surface area contributed by atoms with E-state index in [1.165, 1.54) is 15.9 Å². The lowest BCUT2D eigenvalue weighted by molar-refractivity contribution is -0.147. The number of alkyl halides is 3. The number of rotatable bonds is 7. The summed E-state index contributed by atoms with van der Waals surface area (Å²) in [5, 5.41) is 11.2. The number of imidazole rings is 1. The molecule has 0 spiro atoms. The summed E-state index contributed by atoms with van der Waals surface area (Å²) in [7, 11) is 0. The Morgan fingerprint density at radius 3 is 2.72 bits per heavy atom. The number of amides is 1. The second kappa shape index (κ2) is 9.75. The summed E-state index contributed by atoms with van der Waals surface area (Å²) in [4.78, 5) is 18.2. The third-order valence-corrected chi connectivity index (χ3v) is 7.20. The number of carbonyl (C=O) groups excluding carboxylic acids is 1. The van der Waals surface area contributed by atoms with Crippen LogP contribution < -0.4 is 5.32 Å². The van der Waals surface area contributed by atoms with Crippen molar-refractivity contribution in [3.05, 3.63) is 30.1 Å². The van der Waals surface area contributed by atoms with Crippen LogP contribution in [-0.4, -0.2) is 55.9 Å². The molecule has 1 N–H and O–H groups in total. The number of nitrogens with zero attached hydrogens (tertiary/aromatic N) is 5. The minimum absolute atomic E-state index is 0.0878. The van der Waals surface area contributed by atoms with Crippen LogP contribution in [-0.2, 0) is 17.5 Å². The summed E-state index contributed by atoms with van der Waals surface area (Å²) in [6.45, 7) is 3.81. The van der Waals surface area contributed by atoms with Gasteiger partial charge in [0, 0.05) is 6.54 Å². The molecule has 0 aliphatic carbocycles. The van der Waals surface area contributed by atoms with E-state index in [1.807, 2.05) is 11.8 Å². The summed E-state index contributed by atoms with van der Waals surface area (Å²) < 4.78 is 42.7. The van der Waals surface area contributed by atoms with E-state index in [1.54, 1.807) is 36.0 Å². The summed E-state index contributed by atoms with van der Waals surface area (Å²) in [6, 6.07) is 6.69. The van der Waals surface area contributed by atoms with Gasteiger partial charge in [0.25, 0.3) is 0 Å². The van der Waals surface area contributed by atoms with Crippen LogP contribution in [0.1, 0.15) is 25.6 Å². The van der Waals surface area contributed by atoms with Crippen molar-refractivity contribution in [2.75, 3.05) is 30.7 Å². The molecule has 1 saturated heterocycles. The number of hydrogen-bond acceptors (Lipinski definition) is 7. The number of nitrogens with one attached hydrogen (secondary N) is 1. The van der Waals surface area contributed by atoms with Gasteiger partial charge < -0.3 is 4.57 Å². The van der Waals surface area contributed by atoms with Gasteiger partial charge >= 0.3 is 6.18 Å². The Labute approximate surface area is 191 Å². The van der Waals surface area contributed by atoms with E-state index in [0.717, 1.165) is 10.1 Å². The van der Waals surface area contributed by atoms with E-state index in [-0.39, 0.29) is 24.9 Å². The predicted octanol–water partition coefficient (Wildman–Crippen LogP) is 4.37. The summed E-state index contributed by atoms with van der Waals surface area (Å²) >= 11 is 2.91. The van der Waals surface area contributed by atoms with Crippen molar-refractivity contribution in [1.82, 2.24) is 24.6 Å². The number of para-hydroxylation sites is 2. The van der Waals surface area contributed by atoms with Gasteiger partial charge in [0.05, 0.1) is 17.6 Å². The molecule has 1 aromatic carbocycles. The van der Waals surface area contributed by atoms with E-state index in [9.17, 15) is 18.0 Å². The molecule has 0 unspecified atom stereocenters. The van der Waals surface area contributed by atoms with Gasteiger partial charge in [-0.2, -0.15) is 13.2 Å². The minimum atomic E-state index is -4.50. The van der Waals surface area contributed by atoms with Crippen LogP contribution in [0.5, 0.6) is 0 Å². The number of fused-ring (bicyclic) bond motifs is 1. The monoisotopic (exact) mass is 484 g/mol. The maximum absolute atomic E-state index is 13.5. The van der Waals surface area contributed by atoms with E-state index in [4.69, 9.17) is 0 Å². The van der Waals surface area contributed by atoms with Gasteiger partial charge in [0.15, 0.2) is 4.34 Å². The second-order valence-corrected chi connectivity index (χ2v) is 10.1. The van der Waals surface area contributed by atoms with Crippen molar-refractivity contribution >= 4 is 45.2 Å². The number of halogens is 3. The Bertz CT molecular complexity index is 1070. The van der Waals surface area contributed by atoms with Crippen LogP contribution in [0.4, 0.5) is 18.3 Å². The molecule has 3 aromatic rings. The van der Waals surface area contributed by atoms with Crippen molar-refractivity contribution < 1.29 is 18.0 Å². The maximum Gasteiger partial charge on any atom is 0.449 e. The summed E-state index contributed by atoms with van der Waals surface area (Å²) in [5.41, 5.74) is 0.852. The molecule has 1 aliphatic rings. The molecule has 1 amide bonds. The highest BCUT2D eigenvalue weighted by Crippen LogP contribution is 2.33. The van der Waals surface area contributed by atoms with Gasteiger partial charge in [-0.25, -0.2) is 4.98 Å². The van der Waals surface area contributed by atoms with Crippen LogP contribution in [0.3, 0.4) is 0 Å². The van der Waals surface area contributed by atoms with Crippen molar-refractivity contribution in [2.45, 2.75) is 36.8 Å². The quantitative estimate of drug-likeness (QED) is 0.397. The lowest BCUT2D eigenvalue weighted by Gasteiger charge is -2.32. The molecule has 0 saturated carbocycles. The molecule has 2 aromatic heterocycles. The molecule has 1 aliphatic heterocycles. The fraction of sp³-hybridized carbons (Fsp3) is 0.500. The van der Waals surface area contributed by atoms with E-state index in [2.05, 4.69) is 20.5 Å². The zero-order valence-corrected chi connectivity index (χ0v) is 19.1. The maximum atomic E-state index is 13.5. The average molecular weight is 485 g/mol. The topological polar surface area (TPSA) is 75.9 Å². The van der Waals surface area contributed by atoms with Crippen molar-refractivity contribution in [1.29, 1.82) is 0 Å². The Morgan fingerprint density at radius 1 is 1.25 bits per heavy atom. The number of hydrogen-bond donors (Lipinski definition) is 1. The highest BCUT2D eigenvalue weighted by Gasteiger charge is 2.38. The van der Waals surface area contributed by atoms with Gasteiger partial charge in [0.2, 0.25) is 16.9 Å². The number of benzene rings is 1. The molecule has 7 nitrogen and oxygen atoms in total. The third-order valence-electron chi connectivity index (χ3n) is 5.34. The Balaban J connectivity index is 1.33. The first-order valence-corrected chi connectivity index (χ1v) is 12.1. The molecule has 3 heterocycles. The summed E-state index contributed by atoms with van der Waals surface area (Å²) in [6.07, 6.45) is -3.07. The molecule has 172 valence electrons. The Morgan fingerprint density at radius 2 is 2.00 bits per heavy atom. The van der Waals surface area contributed by atoms with Crippen molar-refractivity contribution in [3.8, 4) is 0 Å². The molecule has 0 bridgehead atoms. The van der Waals surface area contributed by atoms with Crippen LogP contribution >= 0.6 is 23.1 Å². The van der Waals surface area contributed by atoms with Crippen LogP contribution in [0.15, 0.2) is 28.6 Å². The SMILES string of the molecule is CCSc1nnc(NC(=O)CN2CCC(Cn3c(C(F)(F)F)nc4ccccc43)CC2)s1. The highest BCUT2D eigenvalue weighted by atomic mass is 32.2. The fourth-order valence-corrected chi connectivity index (χ4v) is 5.53. The molecule has 0 atom stereocenters. The zero-order valence-electron chi connectivity index (χ0n) is 17.4. The van der Waals surface area contributed by atoms with Gasteiger partial charge in [-0.05, 0) is 49.7 Å². The zero-order chi connectivity index (χ0) is 22.7. The Kier molecular flexibility index (Phi) is 7.01. The van der Waals surface area contributed by atoms with Gasteiger partial charge in [0.1, 0.15) is 0 Å². The smallest absolute Gasteiger partial charge is 0.320 e. The standard InChI is InChI=1S/C20H23F3N6OS2/c1-2-31-19-27-26-18(32-19)25-16(30)12-28-9-7-13(8-10-28)11-29-15-6-4-3-5-14(15)24-17(29)20(21,22)23/h3-6,13H,2,7-12H2,1H3,(H,25,26,30). The van der Waals surface area contributed by atoms with Gasteiger partial charge in [-0.15, -0.1) is 10.2 Å². The molecule has 12 heteroatoms. The minimum Gasteiger partial charge on any atom is -0.320 e. The second-order valence-electron chi connectivity index (χ2n) is 7.61. The predicted molar refractivity (Wildman–Crippen MR) is 119 cm³/mol. The van der Waals surface area contributed by atoms with E-state index >= 15 is 0 Å². The number of likely N-dealkylation sites (tertiary alicyclic amines) is 1. The number of piperidine rings is 1. The molecular formula is C20H23F3N6OS2. The molecular weight excluding hydrogens is 461 g/mol. The van der Waals surface area contributed by atoms with Gasteiger partial charge in [-0.3, -0.25) is 15.0 Å². The molecule has 4 rings (SSSR count). The van der Waals surface area contributed by atoms with Crippen LogP contribution in [0.2, 0.25) is 0 Å². The first-order chi connectivity index (χ1) is 15.3. The fourth-order valence-electron chi connectivity index (χ4n) is 3.87. The van der Waals surface area contributed by atoms with E-state index < -0.39 is 12.0 Å². The lowest BCUT2D eigenvalue weighted by atomic mass is 9.96. The molecule has 0 radical (unpaired) electrons. The summed E-state index contributed by atoms with van der Waals surface area (Å²) in [5.74, 6) is -0.0350. The average Bonchev–Trinajstić information content (AvgIpc) is 3.34. The van der Waals surface area contributed by atoms with Gasteiger partial charge in [-0.1, -0.05) is 42.2 Å². The number of carbonyl (C=O) groups is 1. The normalized spacial score (nSPS) is 16.0. The number of anilines is 1. The Hall–Kier alpha value is -2.18. The third kappa shape index (κ3) is 5.41. The van der Waals surface area contributed by atoms with Crippen molar-refractivity contribution in [2.24, 2.45) is 5.92 Å². The number of aromatic nitrogens is 4. The lowest BCUT2D eigenvalue weighted by Crippen LogP contribution is -2.40. The van der Waals surface area contributed by atoms with E-state index in [0.29, 0.717) is 42.1 Å². The highest BCUT2D eigenvalue weighted by molar-refractivity contribution is 8.01. The van der Waals surface area contributed by atoms with Crippen LogP contribution in [0, 0.1) is 5.92 Å². The first-order valence-electron chi connectivity index (χ1n) is 10.3. The largest absolute Gasteiger partial charge is 0.449 e.